The maximum absolute atomic E-state index is 6.73. The van der Waals surface area contributed by atoms with Crippen LogP contribution in [-0.2, 0) is 0 Å². The lowest BCUT2D eigenvalue weighted by molar-refractivity contribution is -0.196. The monoisotopic (exact) mass is 570 g/mol. The third-order valence-corrected chi connectivity index (χ3v) is 12.8. The van der Waals surface area contributed by atoms with Crippen LogP contribution in [0.2, 0.25) is 10.0 Å². The molecular formula is C38H44Cl2. The summed E-state index contributed by atoms with van der Waals surface area (Å²) in [5.74, 6) is 0.587. The molecule has 3 aliphatic carbocycles. The summed E-state index contributed by atoms with van der Waals surface area (Å²) >= 11 is 13.5. The maximum Gasteiger partial charge on any atom is 0.0412 e. The third-order valence-electron chi connectivity index (χ3n) is 12.4. The van der Waals surface area contributed by atoms with Crippen LogP contribution < -0.4 is 0 Å². The molecule has 210 valence electrons. The lowest BCUT2D eigenvalue weighted by atomic mass is 9.29. The van der Waals surface area contributed by atoms with Gasteiger partial charge in [-0.1, -0.05) is 151 Å². The van der Waals surface area contributed by atoms with Crippen molar-refractivity contribution in [3.05, 3.63) is 124 Å². The Morgan fingerprint density at radius 1 is 0.625 bits per heavy atom. The van der Waals surface area contributed by atoms with Crippen molar-refractivity contribution in [1.82, 2.24) is 0 Å². The van der Waals surface area contributed by atoms with E-state index in [-0.39, 0.29) is 33.0 Å². The van der Waals surface area contributed by atoms with Crippen LogP contribution in [0.5, 0.6) is 0 Å². The first kappa shape index (κ1) is 29.2. The molecule has 2 heteroatoms. The molecule has 0 aromatic heterocycles. The van der Waals surface area contributed by atoms with E-state index in [9.17, 15) is 0 Å². The van der Waals surface area contributed by atoms with Crippen LogP contribution >= 0.6 is 23.2 Å². The van der Waals surface area contributed by atoms with Gasteiger partial charge >= 0.3 is 0 Å². The SMILES string of the molecule is CC1(C2C=CC=C2)C(=C(c2cccc(Cl)c2)c2cccc(Cl)c2)C(C)(C2C=CC=CC2)C(C)(C)C(C)(C)C1(C)C. The van der Waals surface area contributed by atoms with Crippen molar-refractivity contribution in [2.45, 2.75) is 61.8 Å². The molecule has 0 radical (unpaired) electrons. The average Bonchev–Trinajstić information content (AvgIpc) is 3.46. The van der Waals surface area contributed by atoms with Crippen LogP contribution in [0.15, 0.2) is 103 Å². The summed E-state index contributed by atoms with van der Waals surface area (Å²) in [6, 6.07) is 16.8. The fraction of sp³-hybridized carbons (Fsp3) is 0.421. The molecule has 2 aromatic carbocycles. The van der Waals surface area contributed by atoms with Crippen LogP contribution in [0, 0.1) is 38.9 Å². The molecule has 0 bridgehead atoms. The van der Waals surface area contributed by atoms with Gasteiger partial charge in [-0.3, -0.25) is 0 Å². The van der Waals surface area contributed by atoms with E-state index in [0.29, 0.717) is 5.92 Å². The van der Waals surface area contributed by atoms with E-state index in [0.717, 1.165) is 27.6 Å². The second kappa shape index (κ2) is 9.92. The number of hydrogen-bond donors (Lipinski definition) is 0. The molecule has 5 rings (SSSR count). The Hall–Kier alpha value is -2.28. The summed E-state index contributed by atoms with van der Waals surface area (Å²) in [5.41, 5.74) is 4.47. The van der Waals surface area contributed by atoms with E-state index in [1.54, 1.807) is 0 Å². The summed E-state index contributed by atoms with van der Waals surface area (Å²) in [6.45, 7) is 20.2. The van der Waals surface area contributed by atoms with Gasteiger partial charge in [0.1, 0.15) is 0 Å². The van der Waals surface area contributed by atoms with Gasteiger partial charge in [0.2, 0.25) is 0 Å². The Morgan fingerprint density at radius 2 is 1.12 bits per heavy atom. The van der Waals surface area contributed by atoms with Crippen molar-refractivity contribution >= 4 is 28.8 Å². The first-order valence-corrected chi connectivity index (χ1v) is 15.4. The number of allylic oxidation sites excluding steroid dienone is 9. The Kier molecular flexibility index (Phi) is 7.25. The average molecular weight is 572 g/mol. The Morgan fingerprint density at radius 3 is 1.60 bits per heavy atom. The smallest absolute Gasteiger partial charge is 0.0412 e. The van der Waals surface area contributed by atoms with Crippen molar-refractivity contribution in [2.24, 2.45) is 38.9 Å². The summed E-state index contributed by atoms with van der Waals surface area (Å²) in [6.07, 6.45) is 19.6. The fourth-order valence-corrected chi connectivity index (χ4v) is 8.94. The molecule has 0 nitrogen and oxygen atoms in total. The van der Waals surface area contributed by atoms with Gasteiger partial charge < -0.3 is 0 Å². The standard InChI is InChI=1S/C38H44Cl2/c1-34(2)35(3,4)37(7,28-18-10-9-11-19-28)33(38(8,36(34,5)6)29-20-12-13-21-29)32(26-16-14-22-30(39)24-26)27-17-15-23-31(40)25-27/h9-18,20-25,28-29H,19H2,1-8H3. The molecule has 3 unspecified atom stereocenters. The Labute approximate surface area is 252 Å². The van der Waals surface area contributed by atoms with Crippen LogP contribution in [0.1, 0.15) is 72.9 Å². The Bertz CT molecular complexity index is 1400. The van der Waals surface area contributed by atoms with E-state index in [1.165, 1.54) is 11.1 Å². The molecule has 0 aliphatic heterocycles. The second-order valence-corrected chi connectivity index (χ2v) is 14.9. The maximum atomic E-state index is 6.73. The van der Waals surface area contributed by atoms with Gasteiger partial charge in [0.05, 0.1) is 0 Å². The Balaban J connectivity index is 2.05. The predicted octanol–water partition coefficient (Wildman–Crippen LogP) is 11.8. The van der Waals surface area contributed by atoms with Crippen LogP contribution in [0.3, 0.4) is 0 Å². The van der Waals surface area contributed by atoms with Crippen molar-refractivity contribution in [2.75, 3.05) is 0 Å². The number of rotatable bonds is 4. The topological polar surface area (TPSA) is 0 Å². The first-order chi connectivity index (χ1) is 18.7. The minimum atomic E-state index is -0.223. The van der Waals surface area contributed by atoms with E-state index in [2.05, 4.69) is 140 Å². The number of halogens is 2. The summed E-state index contributed by atoms with van der Waals surface area (Å²) in [5, 5.41) is 1.49. The van der Waals surface area contributed by atoms with Crippen molar-refractivity contribution in [3.63, 3.8) is 0 Å². The van der Waals surface area contributed by atoms with Crippen molar-refractivity contribution < 1.29 is 0 Å². The van der Waals surface area contributed by atoms with Gasteiger partial charge in [-0.2, -0.15) is 0 Å². The van der Waals surface area contributed by atoms with E-state index >= 15 is 0 Å². The number of hydrogen-bond acceptors (Lipinski definition) is 0. The molecular weight excluding hydrogens is 527 g/mol. The quantitative estimate of drug-likeness (QED) is 0.342. The highest BCUT2D eigenvalue weighted by Gasteiger charge is 2.72. The molecule has 0 heterocycles. The lowest BCUT2D eigenvalue weighted by Crippen LogP contribution is -2.68. The van der Waals surface area contributed by atoms with Gasteiger partial charge in [-0.25, -0.2) is 0 Å². The molecule has 1 fully saturated rings. The van der Waals surface area contributed by atoms with Crippen LogP contribution in [0.4, 0.5) is 0 Å². The zero-order chi connectivity index (χ0) is 29.1. The largest absolute Gasteiger partial charge is 0.0843 e. The minimum Gasteiger partial charge on any atom is -0.0843 e. The molecule has 1 saturated carbocycles. The molecule has 3 atom stereocenters. The fourth-order valence-electron chi connectivity index (χ4n) is 8.56. The zero-order valence-corrected chi connectivity index (χ0v) is 26.9. The van der Waals surface area contributed by atoms with Gasteiger partial charge in [0, 0.05) is 26.8 Å². The second-order valence-electron chi connectivity index (χ2n) is 14.0. The molecule has 0 N–H and O–H groups in total. The van der Waals surface area contributed by atoms with E-state index in [1.807, 2.05) is 12.1 Å². The molecule has 0 amide bonds. The summed E-state index contributed by atoms with van der Waals surface area (Å²) < 4.78 is 0. The number of benzene rings is 2. The van der Waals surface area contributed by atoms with Crippen LogP contribution in [0.25, 0.3) is 5.57 Å². The van der Waals surface area contributed by atoms with Crippen molar-refractivity contribution in [3.8, 4) is 0 Å². The highest BCUT2D eigenvalue weighted by atomic mass is 35.5. The molecule has 3 aliphatic rings. The van der Waals surface area contributed by atoms with Gasteiger partial charge in [-0.05, 0) is 75.1 Å². The molecule has 0 spiro atoms. The van der Waals surface area contributed by atoms with Crippen LogP contribution in [-0.4, -0.2) is 0 Å². The highest BCUT2D eigenvalue weighted by Crippen LogP contribution is 2.79. The summed E-state index contributed by atoms with van der Waals surface area (Å²) in [4.78, 5) is 0. The first-order valence-electron chi connectivity index (χ1n) is 14.7. The van der Waals surface area contributed by atoms with Gasteiger partial charge in [0.25, 0.3) is 0 Å². The third kappa shape index (κ3) is 3.93. The molecule has 2 aromatic rings. The van der Waals surface area contributed by atoms with E-state index in [4.69, 9.17) is 23.2 Å². The zero-order valence-electron chi connectivity index (χ0n) is 25.4. The summed E-state index contributed by atoms with van der Waals surface area (Å²) in [7, 11) is 0. The van der Waals surface area contributed by atoms with Gasteiger partial charge in [-0.15, -0.1) is 0 Å². The lowest BCUT2D eigenvalue weighted by Gasteiger charge is -2.74. The molecule has 0 saturated heterocycles. The van der Waals surface area contributed by atoms with E-state index < -0.39 is 0 Å². The predicted molar refractivity (Wildman–Crippen MR) is 175 cm³/mol. The van der Waals surface area contributed by atoms with Crippen molar-refractivity contribution in [1.29, 1.82) is 0 Å². The highest BCUT2D eigenvalue weighted by molar-refractivity contribution is 6.31. The minimum absolute atomic E-state index is 0.0138. The van der Waals surface area contributed by atoms with Gasteiger partial charge in [0.15, 0.2) is 0 Å². The normalized spacial score (nSPS) is 30.1. The molecule has 40 heavy (non-hydrogen) atoms.